The number of aromatic nitrogens is 4. The van der Waals surface area contributed by atoms with Crippen LogP contribution in [-0.4, -0.2) is 74.6 Å². The zero-order chi connectivity index (χ0) is 21.3. The van der Waals surface area contributed by atoms with E-state index in [0.29, 0.717) is 12.4 Å². The number of piperidine rings is 1. The molecule has 2 fully saturated rings. The average Bonchev–Trinajstić information content (AvgIpc) is 3.34. The average molecular weight is 416 g/mol. The van der Waals surface area contributed by atoms with Gasteiger partial charge in [-0.15, -0.1) is 0 Å². The van der Waals surface area contributed by atoms with Crippen molar-refractivity contribution in [3.05, 3.63) is 16.7 Å². The topological polar surface area (TPSA) is 88.3 Å². The molecule has 0 unspecified atom stereocenters. The summed E-state index contributed by atoms with van der Waals surface area (Å²) in [5.74, 6) is 0.793. The maximum absolute atomic E-state index is 12.8. The largest absolute Gasteiger partial charge is 0.351 e. The van der Waals surface area contributed by atoms with E-state index >= 15 is 0 Å². The van der Waals surface area contributed by atoms with Gasteiger partial charge in [-0.2, -0.15) is 4.98 Å². The molecule has 3 heterocycles. The van der Waals surface area contributed by atoms with E-state index in [1.807, 2.05) is 28.5 Å². The number of fused-ring (bicyclic) bond motifs is 1. The van der Waals surface area contributed by atoms with E-state index in [1.54, 1.807) is 17.8 Å². The summed E-state index contributed by atoms with van der Waals surface area (Å²) < 4.78 is 3.51. The summed E-state index contributed by atoms with van der Waals surface area (Å²) in [6.45, 7) is 2.29. The molecule has 1 N–H and O–H groups in total. The molecule has 1 saturated carbocycles. The number of nitrogens with one attached hydrogen (secondary N) is 1. The first-order valence-corrected chi connectivity index (χ1v) is 11.1. The highest BCUT2D eigenvalue weighted by Gasteiger charge is 2.26. The van der Waals surface area contributed by atoms with E-state index in [9.17, 15) is 9.59 Å². The normalized spacial score (nSPS) is 18.6. The van der Waals surface area contributed by atoms with E-state index in [1.165, 1.54) is 0 Å². The highest BCUT2D eigenvalue weighted by molar-refractivity contribution is 5.76. The second-order valence-corrected chi connectivity index (χ2v) is 8.91. The minimum Gasteiger partial charge on any atom is -0.351 e. The highest BCUT2D eigenvalue weighted by atomic mass is 16.2. The number of imidazole rings is 1. The lowest BCUT2D eigenvalue weighted by Gasteiger charge is -2.32. The Morgan fingerprint density at radius 3 is 2.57 bits per heavy atom. The number of hydrogen-bond donors (Lipinski definition) is 1. The van der Waals surface area contributed by atoms with Crippen LogP contribution in [0, 0.1) is 0 Å². The van der Waals surface area contributed by atoms with Gasteiger partial charge in [-0.25, -0.2) is 9.78 Å². The molecule has 2 aromatic heterocycles. The van der Waals surface area contributed by atoms with Gasteiger partial charge >= 0.3 is 5.69 Å². The van der Waals surface area contributed by atoms with Gasteiger partial charge in [-0.3, -0.25) is 13.9 Å². The van der Waals surface area contributed by atoms with Crippen molar-refractivity contribution >= 4 is 23.0 Å². The van der Waals surface area contributed by atoms with Crippen molar-refractivity contribution in [2.45, 2.75) is 57.0 Å². The molecule has 0 bridgehead atoms. The Morgan fingerprint density at radius 1 is 1.20 bits per heavy atom. The molecule has 9 nitrogen and oxygen atoms in total. The quantitative estimate of drug-likeness (QED) is 0.771. The van der Waals surface area contributed by atoms with Crippen LogP contribution in [0.2, 0.25) is 0 Å². The Bertz CT molecular complexity index is 950. The number of anilines is 1. The van der Waals surface area contributed by atoms with Crippen molar-refractivity contribution in [1.29, 1.82) is 0 Å². The molecule has 2 aromatic rings. The summed E-state index contributed by atoms with van der Waals surface area (Å²) >= 11 is 0. The third kappa shape index (κ3) is 4.21. The zero-order valence-electron chi connectivity index (χ0n) is 18.3. The van der Waals surface area contributed by atoms with Crippen LogP contribution < -0.4 is 11.0 Å². The van der Waals surface area contributed by atoms with E-state index in [-0.39, 0.29) is 23.7 Å². The molecular formula is C21H33N7O2. The van der Waals surface area contributed by atoms with E-state index in [4.69, 9.17) is 4.98 Å². The number of nitrogens with zero attached hydrogens (tertiary/aromatic N) is 6. The summed E-state index contributed by atoms with van der Waals surface area (Å²) in [4.78, 5) is 38.3. The summed E-state index contributed by atoms with van der Waals surface area (Å²) in [7, 11) is 5.76. The van der Waals surface area contributed by atoms with Crippen molar-refractivity contribution in [2.75, 3.05) is 39.0 Å². The van der Waals surface area contributed by atoms with Gasteiger partial charge in [0.2, 0.25) is 11.9 Å². The first kappa shape index (κ1) is 20.8. The van der Waals surface area contributed by atoms with Crippen molar-refractivity contribution in [2.24, 2.45) is 7.05 Å². The van der Waals surface area contributed by atoms with Crippen LogP contribution >= 0.6 is 0 Å². The molecule has 4 rings (SSSR count). The minimum absolute atomic E-state index is 0.00658. The van der Waals surface area contributed by atoms with E-state index in [0.717, 1.165) is 69.3 Å². The Hall–Kier alpha value is -2.42. The molecule has 30 heavy (non-hydrogen) atoms. The fourth-order valence-corrected chi connectivity index (χ4v) is 4.63. The molecule has 0 radical (unpaired) electrons. The predicted octanol–water partition coefficient (Wildman–Crippen LogP) is 1.60. The number of rotatable bonds is 6. The second kappa shape index (κ2) is 8.75. The molecule has 0 spiro atoms. The zero-order valence-corrected chi connectivity index (χ0v) is 18.3. The predicted molar refractivity (Wildman–Crippen MR) is 117 cm³/mol. The summed E-state index contributed by atoms with van der Waals surface area (Å²) in [5.41, 5.74) is 1.50. The van der Waals surface area contributed by atoms with Crippen LogP contribution in [0.15, 0.2) is 11.0 Å². The van der Waals surface area contributed by atoms with Gasteiger partial charge in [0.25, 0.3) is 0 Å². The molecule has 0 atom stereocenters. The summed E-state index contributed by atoms with van der Waals surface area (Å²) in [6, 6.07) is 0.469. The molecule has 1 saturated heterocycles. The lowest BCUT2D eigenvalue weighted by atomic mass is 10.0. The maximum atomic E-state index is 12.8. The summed E-state index contributed by atoms with van der Waals surface area (Å²) in [6.07, 6.45) is 8.46. The monoisotopic (exact) mass is 415 g/mol. The van der Waals surface area contributed by atoms with Gasteiger partial charge in [0, 0.05) is 45.2 Å². The SMILES string of the molecule is CN(C)CCC(=O)N1CCC(Nc2ncc3c(n2)n(C2CCCC2)c(=O)n3C)CC1. The van der Waals surface area contributed by atoms with Crippen molar-refractivity contribution < 1.29 is 4.79 Å². The van der Waals surface area contributed by atoms with Gasteiger partial charge in [-0.1, -0.05) is 12.8 Å². The number of aryl methyl sites for hydroxylation is 1. The van der Waals surface area contributed by atoms with Gasteiger partial charge in [0.05, 0.1) is 6.20 Å². The molecule has 0 aromatic carbocycles. The maximum Gasteiger partial charge on any atom is 0.330 e. The third-order valence-electron chi connectivity index (χ3n) is 6.48. The van der Waals surface area contributed by atoms with Crippen molar-refractivity contribution in [3.63, 3.8) is 0 Å². The molecule has 1 amide bonds. The van der Waals surface area contributed by atoms with Crippen molar-refractivity contribution in [3.8, 4) is 0 Å². The smallest absolute Gasteiger partial charge is 0.330 e. The number of carbonyl (C=O) groups is 1. The number of hydrogen-bond acceptors (Lipinski definition) is 6. The van der Waals surface area contributed by atoms with Crippen LogP contribution in [0.25, 0.3) is 11.2 Å². The van der Waals surface area contributed by atoms with E-state index < -0.39 is 0 Å². The lowest BCUT2D eigenvalue weighted by Crippen LogP contribution is -2.43. The first-order valence-electron chi connectivity index (χ1n) is 11.1. The van der Waals surface area contributed by atoms with Gasteiger partial charge in [0.1, 0.15) is 5.52 Å². The molecule has 2 aliphatic rings. The minimum atomic E-state index is -0.00658. The fourth-order valence-electron chi connectivity index (χ4n) is 4.63. The fraction of sp³-hybridized carbons (Fsp3) is 0.714. The van der Waals surface area contributed by atoms with Crippen LogP contribution in [0.3, 0.4) is 0 Å². The molecule has 164 valence electrons. The highest BCUT2D eigenvalue weighted by Crippen LogP contribution is 2.30. The van der Waals surface area contributed by atoms with Crippen molar-refractivity contribution in [1.82, 2.24) is 28.9 Å². The molecular weight excluding hydrogens is 382 g/mol. The van der Waals surface area contributed by atoms with Crippen LogP contribution in [0.5, 0.6) is 0 Å². The van der Waals surface area contributed by atoms with Crippen LogP contribution in [0.1, 0.15) is 51.0 Å². The summed E-state index contributed by atoms with van der Waals surface area (Å²) in [5, 5.41) is 3.44. The standard InChI is InChI=1S/C21H33N7O2/c1-25(2)11-10-18(29)27-12-8-15(9-13-27)23-20-22-14-17-19(24-20)28(21(30)26(17)3)16-6-4-5-7-16/h14-16H,4-13H2,1-3H3,(H,22,23,24). The number of amides is 1. The first-order chi connectivity index (χ1) is 14.4. The van der Waals surface area contributed by atoms with Gasteiger partial charge in [0.15, 0.2) is 5.65 Å². The Labute approximate surface area is 177 Å². The number of likely N-dealkylation sites (tertiary alicyclic amines) is 1. The molecule has 9 heteroatoms. The van der Waals surface area contributed by atoms with Gasteiger partial charge in [-0.05, 0) is 39.8 Å². The second-order valence-electron chi connectivity index (χ2n) is 8.91. The number of carbonyl (C=O) groups excluding carboxylic acids is 1. The molecule has 1 aliphatic heterocycles. The van der Waals surface area contributed by atoms with Crippen LogP contribution in [0.4, 0.5) is 5.95 Å². The Balaban J connectivity index is 1.43. The third-order valence-corrected chi connectivity index (χ3v) is 6.48. The van der Waals surface area contributed by atoms with Gasteiger partial charge < -0.3 is 15.1 Å². The lowest BCUT2D eigenvalue weighted by molar-refractivity contribution is -0.132. The molecule has 1 aliphatic carbocycles. The van der Waals surface area contributed by atoms with E-state index in [2.05, 4.69) is 10.3 Å². The Kier molecular flexibility index (Phi) is 6.08. The Morgan fingerprint density at radius 2 is 1.90 bits per heavy atom. The van der Waals surface area contributed by atoms with Crippen LogP contribution in [-0.2, 0) is 11.8 Å².